The molecule has 0 aromatic heterocycles. The number of amides is 2. The van der Waals surface area contributed by atoms with Gasteiger partial charge in [-0.3, -0.25) is 9.59 Å². The smallest absolute Gasteiger partial charge is 0.343 e. The van der Waals surface area contributed by atoms with Crippen LogP contribution in [0.3, 0.4) is 0 Å². The maximum absolute atomic E-state index is 12.3. The molecule has 156 valence electrons. The van der Waals surface area contributed by atoms with E-state index in [1.165, 1.54) is 6.21 Å². The summed E-state index contributed by atoms with van der Waals surface area (Å²) in [6.45, 7) is 0. The molecule has 2 N–H and O–H groups in total. The van der Waals surface area contributed by atoms with Crippen LogP contribution in [0.2, 0.25) is 5.02 Å². The molecule has 0 saturated heterocycles. The number of benzene rings is 3. The van der Waals surface area contributed by atoms with Crippen molar-refractivity contribution in [2.45, 2.75) is 0 Å². The third kappa shape index (κ3) is 6.50. The number of carbonyl (C=O) groups excluding carboxylic acids is 3. The Morgan fingerprint density at radius 2 is 1.65 bits per heavy atom. The molecule has 0 spiro atoms. The maximum atomic E-state index is 12.3. The van der Waals surface area contributed by atoms with Gasteiger partial charge in [0.05, 0.1) is 11.8 Å². The van der Waals surface area contributed by atoms with Crippen molar-refractivity contribution in [3.63, 3.8) is 0 Å². The van der Waals surface area contributed by atoms with E-state index in [0.29, 0.717) is 26.3 Å². The zero-order chi connectivity index (χ0) is 22.2. The van der Waals surface area contributed by atoms with E-state index in [1.807, 2.05) is 0 Å². The van der Waals surface area contributed by atoms with Crippen molar-refractivity contribution in [2.24, 2.45) is 5.10 Å². The predicted octanol–water partition coefficient (Wildman–Crippen LogP) is 4.41. The maximum Gasteiger partial charge on any atom is 0.343 e. The minimum Gasteiger partial charge on any atom is -0.422 e. The van der Waals surface area contributed by atoms with Crippen LogP contribution in [0.5, 0.6) is 5.75 Å². The van der Waals surface area contributed by atoms with Crippen LogP contribution in [0.15, 0.2) is 82.4 Å². The van der Waals surface area contributed by atoms with Crippen LogP contribution in [-0.4, -0.2) is 24.0 Å². The van der Waals surface area contributed by atoms with Crippen LogP contribution >= 0.6 is 27.5 Å². The topological polar surface area (TPSA) is 96.9 Å². The van der Waals surface area contributed by atoms with Gasteiger partial charge in [-0.1, -0.05) is 45.7 Å². The van der Waals surface area contributed by atoms with Crippen molar-refractivity contribution in [1.29, 1.82) is 0 Å². The number of carbonyl (C=O) groups is 3. The van der Waals surface area contributed by atoms with Gasteiger partial charge in [-0.05, 0) is 54.6 Å². The minimum absolute atomic E-state index is 0.237. The van der Waals surface area contributed by atoms with Crippen molar-refractivity contribution in [3.8, 4) is 5.75 Å². The van der Waals surface area contributed by atoms with E-state index in [1.54, 1.807) is 72.8 Å². The van der Waals surface area contributed by atoms with E-state index in [9.17, 15) is 14.4 Å². The fourth-order valence-corrected chi connectivity index (χ4v) is 2.88. The van der Waals surface area contributed by atoms with E-state index >= 15 is 0 Å². The minimum atomic E-state index is -0.968. The molecule has 7 nitrogen and oxygen atoms in total. The SMILES string of the molecule is O=C(NN=Cc1cc(Br)ccc1OC(=O)c1ccccc1)C(=O)Nc1ccc(Cl)cc1. The lowest BCUT2D eigenvalue weighted by Gasteiger charge is -2.08. The van der Waals surface area contributed by atoms with Crippen molar-refractivity contribution in [3.05, 3.63) is 93.4 Å². The summed E-state index contributed by atoms with van der Waals surface area (Å²) >= 11 is 9.11. The largest absolute Gasteiger partial charge is 0.422 e. The summed E-state index contributed by atoms with van der Waals surface area (Å²) in [6.07, 6.45) is 1.27. The van der Waals surface area contributed by atoms with Crippen LogP contribution in [0.4, 0.5) is 5.69 Å². The molecule has 3 aromatic rings. The fourth-order valence-electron chi connectivity index (χ4n) is 2.38. The summed E-state index contributed by atoms with van der Waals surface area (Å²) in [5, 5.41) is 6.71. The number of nitrogens with zero attached hydrogens (tertiary/aromatic N) is 1. The van der Waals surface area contributed by atoms with Crippen LogP contribution in [-0.2, 0) is 9.59 Å². The van der Waals surface area contributed by atoms with E-state index in [4.69, 9.17) is 16.3 Å². The number of hydrogen-bond donors (Lipinski definition) is 2. The highest BCUT2D eigenvalue weighted by atomic mass is 79.9. The number of rotatable bonds is 5. The molecule has 0 heterocycles. The molecule has 3 aromatic carbocycles. The summed E-state index contributed by atoms with van der Waals surface area (Å²) in [5.74, 6) is -2.17. The molecule has 0 saturated carbocycles. The van der Waals surface area contributed by atoms with Gasteiger partial charge in [0, 0.05) is 20.7 Å². The first kappa shape index (κ1) is 22.2. The van der Waals surface area contributed by atoms with Crippen LogP contribution < -0.4 is 15.5 Å². The average molecular weight is 501 g/mol. The Labute approximate surface area is 191 Å². The summed E-state index contributed by atoms with van der Waals surface area (Å²) in [6, 6.07) is 19.7. The Hall–Kier alpha value is -3.49. The monoisotopic (exact) mass is 499 g/mol. The zero-order valence-corrected chi connectivity index (χ0v) is 18.2. The van der Waals surface area contributed by atoms with Crippen molar-refractivity contribution in [1.82, 2.24) is 5.43 Å². The molecule has 0 aliphatic carbocycles. The third-order valence-corrected chi connectivity index (χ3v) is 4.61. The van der Waals surface area contributed by atoms with E-state index < -0.39 is 17.8 Å². The van der Waals surface area contributed by atoms with Crippen LogP contribution in [0.1, 0.15) is 15.9 Å². The van der Waals surface area contributed by atoms with E-state index in [-0.39, 0.29) is 5.75 Å². The Balaban J connectivity index is 1.65. The molecule has 0 unspecified atom stereocenters. The molecule has 3 rings (SSSR count). The highest BCUT2D eigenvalue weighted by molar-refractivity contribution is 9.10. The summed E-state index contributed by atoms with van der Waals surface area (Å²) in [7, 11) is 0. The van der Waals surface area contributed by atoms with Crippen LogP contribution in [0.25, 0.3) is 0 Å². The fraction of sp³-hybridized carbons (Fsp3) is 0. The van der Waals surface area contributed by atoms with Crippen molar-refractivity contribution < 1.29 is 19.1 Å². The highest BCUT2D eigenvalue weighted by Crippen LogP contribution is 2.23. The average Bonchev–Trinajstić information content (AvgIpc) is 2.77. The van der Waals surface area contributed by atoms with Gasteiger partial charge in [0.25, 0.3) is 0 Å². The van der Waals surface area contributed by atoms with Crippen molar-refractivity contribution >= 4 is 57.2 Å². The first-order valence-electron chi connectivity index (χ1n) is 8.89. The number of halogens is 2. The van der Waals surface area contributed by atoms with E-state index in [2.05, 4.69) is 31.8 Å². The van der Waals surface area contributed by atoms with E-state index in [0.717, 1.165) is 0 Å². The van der Waals surface area contributed by atoms with Gasteiger partial charge in [0.15, 0.2) is 0 Å². The lowest BCUT2D eigenvalue weighted by molar-refractivity contribution is -0.136. The predicted molar refractivity (Wildman–Crippen MR) is 121 cm³/mol. The lowest BCUT2D eigenvalue weighted by Crippen LogP contribution is -2.32. The van der Waals surface area contributed by atoms with Gasteiger partial charge in [0.1, 0.15) is 5.75 Å². The second-order valence-electron chi connectivity index (χ2n) is 6.10. The lowest BCUT2D eigenvalue weighted by atomic mass is 10.2. The number of hydrazone groups is 1. The van der Waals surface area contributed by atoms with Crippen molar-refractivity contribution in [2.75, 3.05) is 5.32 Å². The molecule has 2 amide bonds. The Morgan fingerprint density at radius 1 is 0.935 bits per heavy atom. The van der Waals surface area contributed by atoms with Gasteiger partial charge < -0.3 is 10.1 Å². The second-order valence-corrected chi connectivity index (χ2v) is 7.45. The second kappa shape index (κ2) is 10.5. The van der Waals surface area contributed by atoms with Gasteiger partial charge in [-0.15, -0.1) is 0 Å². The molecule has 31 heavy (non-hydrogen) atoms. The number of anilines is 1. The normalized spacial score (nSPS) is 10.5. The molecule has 0 fully saturated rings. The summed E-state index contributed by atoms with van der Waals surface area (Å²) in [5.41, 5.74) is 3.35. The standard InChI is InChI=1S/C22H15BrClN3O4/c23-16-6-11-19(31-22(30)14-4-2-1-3-5-14)15(12-16)13-25-27-21(29)20(28)26-18-9-7-17(24)8-10-18/h1-13H,(H,26,28)(H,27,29). The first-order chi connectivity index (χ1) is 14.9. The number of esters is 1. The molecule has 9 heteroatoms. The first-order valence-corrected chi connectivity index (χ1v) is 10.1. The van der Waals surface area contributed by atoms with Crippen LogP contribution in [0, 0.1) is 0 Å². The molecule has 0 bridgehead atoms. The highest BCUT2D eigenvalue weighted by Gasteiger charge is 2.14. The number of nitrogens with one attached hydrogen (secondary N) is 2. The molecule has 0 atom stereocenters. The summed E-state index contributed by atoms with van der Waals surface area (Å²) in [4.78, 5) is 36.2. The quantitative estimate of drug-likeness (QED) is 0.178. The Morgan fingerprint density at radius 3 is 2.35 bits per heavy atom. The molecular formula is C22H15BrClN3O4. The third-order valence-electron chi connectivity index (χ3n) is 3.86. The Bertz CT molecular complexity index is 1140. The molecule has 0 radical (unpaired) electrons. The van der Waals surface area contributed by atoms with Gasteiger partial charge in [-0.2, -0.15) is 5.10 Å². The Kier molecular flexibility index (Phi) is 7.53. The van der Waals surface area contributed by atoms with Gasteiger partial charge >= 0.3 is 17.8 Å². The number of ether oxygens (including phenoxy) is 1. The summed E-state index contributed by atoms with van der Waals surface area (Å²) < 4.78 is 6.13. The van der Waals surface area contributed by atoms with Gasteiger partial charge in [-0.25, -0.2) is 10.2 Å². The van der Waals surface area contributed by atoms with Gasteiger partial charge in [0.2, 0.25) is 0 Å². The number of hydrogen-bond acceptors (Lipinski definition) is 5. The molecule has 0 aliphatic heterocycles. The zero-order valence-electron chi connectivity index (χ0n) is 15.8. The molecule has 0 aliphatic rings. The molecular weight excluding hydrogens is 486 g/mol.